The van der Waals surface area contributed by atoms with Crippen molar-refractivity contribution in [1.82, 2.24) is 10.5 Å². The number of nitrogens with zero attached hydrogens (tertiary/aromatic N) is 1. The van der Waals surface area contributed by atoms with Crippen molar-refractivity contribution in [3.05, 3.63) is 51.5 Å². The largest absolute Gasteiger partial charge is 0.289 e. The van der Waals surface area contributed by atoms with E-state index in [0.717, 1.165) is 5.69 Å². The molecule has 2 N–H and O–H groups in total. The number of hydrogen-bond donors (Lipinski definition) is 2. The number of carbonyl (C=O) groups is 1. The molecule has 2 fully saturated rings. The lowest BCUT2D eigenvalue weighted by molar-refractivity contribution is -0.130. The highest BCUT2D eigenvalue weighted by Gasteiger charge is 2.56. The molecule has 3 unspecified atom stereocenters. The maximum Gasteiger partial charge on any atom is 0.247 e. The number of amides is 1. The molecule has 1 amide bonds. The van der Waals surface area contributed by atoms with Crippen molar-refractivity contribution in [2.75, 3.05) is 0 Å². The zero-order valence-corrected chi connectivity index (χ0v) is 13.1. The summed E-state index contributed by atoms with van der Waals surface area (Å²) in [7, 11) is 0. The fraction of sp³-hybridized carbons (Fsp3) is 0.412. The molecule has 0 bridgehead atoms. The summed E-state index contributed by atoms with van der Waals surface area (Å²) in [5, 5.41) is 9.02. The van der Waals surface area contributed by atoms with Gasteiger partial charge in [0.25, 0.3) is 0 Å². The van der Waals surface area contributed by atoms with Crippen LogP contribution in [0.25, 0.3) is 0 Å². The highest BCUT2D eigenvalue weighted by atomic mass is 32.1. The maximum atomic E-state index is 12.0. The normalized spacial score (nSPS) is 26.7. The van der Waals surface area contributed by atoms with Crippen molar-refractivity contribution in [1.29, 1.82) is 0 Å². The Bertz CT molecular complexity index is 723. The number of hydroxylamine groups is 1. The summed E-state index contributed by atoms with van der Waals surface area (Å²) in [6.07, 6.45) is 4.29. The van der Waals surface area contributed by atoms with Crippen LogP contribution in [0.4, 0.5) is 0 Å². The SMILES string of the molecule is Cc1ccc(C2C(C(=O)NO)C2c2ccnc(C3CC3)c2)s1. The predicted octanol–water partition coefficient (Wildman–Crippen LogP) is 3.33. The second kappa shape index (κ2) is 5.18. The first kappa shape index (κ1) is 13.9. The number of carbonyl (C=O) groups excluding carboxylic acids is 1. The number of aryl methyl sites for hydroxylation is 1. The second-order valence-corrected chi connectivity index (χ2v) is 7.61. The zero-order valence-electron chi connectivity index (χ0n) is 12.3. The number of thiophene rings is 1. The van der Waals surface area contributed by atoms with E-state index in [-0.39, 0.29) is 23.7 Å². The molecule has 3 atom stereocenters. The van der Waals surface area contributed by atoms with E-state index in [9.17, 15) is 4.79 Å². The van der Waals surface area contributed by atoms with Gasteiger partial charge in [-0.15, -0.1) is 11.3 Å². The van der Waals surface area contributed by atoms with Gasteiger partial charge in [-0.1, -0.05) is 0 Å². The monoisotopic (exact) mass is 314 g/mol. The molecule has 0 spiro atoms. The summed E-state index contributed by atoms with van der Waals surface area (Å²) in [6, 6.07) is 8.35. The summed E-state index contributed by atoms with van der Waals surface area (Å²) in [5.74, 6) is 0.445. The van der Waals surface area contributed by atoms with E-state index in [4.69, 9.17) is 5.21 Å². The molecular formula is C17H18N2O2S. The smallest absolute Gasteiger partial charge is 0.247 e. The van der Waals surface area contributed by atoms with E-state index in [2.05, 4.69) is 30.1 Å². The van der Waals surface area contributed by atoms with Crippen molar-refractivity contribution >= 4 is 17.2 Å². The molecule has 114 valence electrons. The summed E-state index contributed by atoms with van der Waals surface area (Å²) in [5.41, 5.74) is 4.15. The fourth-order valence-corrected chi connectivity index (χ4v) is 4.46. The van der Waals surface area contributed by atoms with E-state index >= 15 is 0 Å². The molecular weight excluding hydrogens is 296 g/mol. The maximum absolute atomic E-state index is 12.0. The van der Waals surface area contributed by atoms with Gasteiger partial charge < -0.3 is 0 Å². The molecule has 0 saturated heterocycles. The predicted molar refractivity (Wildman–Crippen MR) is 84.2 cm³/mol. The van der Waals surface area contributed by atoms with Gasteiger partial charge in [0.15, 0.2) is 0 Å². The molecule has 0 radical (unpaired) electrons. The Morgan fingerprint density at radius 2 is 2.14 bits per heavy atom. The summed E-state index contributed by atoms with van der Waals surface area (Å²) in [4.78, 5) is 18.9. The van der Waals surface area contributed by atoms with E-state index in [1.807, 2.05) is 17.7 Å². The molecule has 4 rings (SSSR count). The highest BCUT2D eigenvalue weighted by Crippen LogP contribution is 2.62. The lowest BCUT2D eigenvalue weighted by Crippen LogP contribution is -2.21. The number of rotatable bonds is 4. The van der Waals surface area contributed by atoms with E-state index in [1.165, 1.54) is 28.2 Å². The Morgan fingerprint density at radius 3 is 2.77 bits per heavy atom. The standard InChI is InChI=1S/C17H18N2O2S/c1-9-2-5-13(22-9)15-14(16(15)17(20)19-21)11-6-7-18-12(8-11)10-3-4-10/h2,5-8,10,14-16,21H,3-4H2,1H3,(H,19,20). The summed E-state index contributed by atoms with van der Waals surface area (Å²) >= 11 is 1.73. The quantitative estimate of drug-likeness (QED) is 0.672. The van der Waals surface area contributed by atoms with Gasteiger partial charge in [0.2, 0.25) is 5.91 Å². The Labute approximate surface area is 133 Å². The topological polar surface area (TPSA) is 62.2 Å². The lowest BCUT2D eigenvalue weighted by Gasteiger charge is -2.03. The van der Waals surface area contributed by atoms with Gasteiger partial charge in [-0.3, -0.25) is 15.0 Å². The molecule has 4 nitrogen and oxygen atoms in total. The number of aromatic nitrogens is 1. The minimum Gasteiger partial charge on any atom is -0.289 e. The van der Waals surface area contributed by atoms with Crippen molar-refractivity contribution in [3.63, 3.8) is 0 Å². The average Bonchev–Trinajstić information content (AvgIpc) is 3.44. The van der Waals surface area contributed by atoms with Gasteiger partial charge in [0, 0.05) is 39.4 Å². The van der Waals surface area contributed by atoms with Crippen LogP contribution in [0.3, 0.4) is 0 Å². The number of pyridine rings is 1. The third-order valence-corrected chi connectivity index (χ3v) is 5.81. The van der Waals surface area contributed by atoms with Crippen molar-refractivity contribution in [2.24, 2.45) is 5.92 Å². The molecule has 2 aliphatic rings. The van der Waals surface area contributed by atoms with Crippen LogP contribution in [0.5, 0.6) is 0 Å². The third-order valence-electron chi connectivity index (χ3n) is 4.71. The average molecular weight is 314 g/mol. The molecule has 5 heteroatoms. The van der Waals surface area contributed by atoms with Crippen molar-refractivity contribution < 1.29 is 10.0 Å². The first-order valence-electron chi connectivity index (χ1n) is 7.65. The first-order chi connectivity index (χ1) is 10.7. The Kier molecular flexibility index (Phi) is 3.27. The Hall–Kier alpha value is -1.72. The van der Waals surface area contributed by atoms with Gasteiger partial charge in [-0.05, 0) is 49.6 Å². The molecule has 2 saturated carbocycles. The van der Waals surface area contributed by atoms with Gasteiger partial charge in [-0.2, -0.15) is 0 Å². The van der Waals surface area contributed by atoms with Crippen molar-refractivity contribution in [2.45, 2.75) is 37.5 Å². The van der Waals surface area contributed by atoms with Crippen LogP contribution < -0.4 is 5.48 Å². The van der Waals surface area contributed by atoms with Gasteiger partial charge in [0.1, 0.15) is 0 Å². The molecule has 0 aromatic carbocycles. The van der Waals surface area contributed by atoms with Crippen LogP contribution in [0.2, 0.25) is 0 Å². The third kappa shape index (κ3) is 2.34. The highest BCUT2D eigenvalue weighted by molar-refractivity contribution is 7.12. The Morgan fingerprint density at radius 1 is 1.32 bits per heavy atom. The second-order valence-electron chi connectivity index (χ2n) is 6.29. The zero-order chi connectivity index (χ0) is 15.3. The molecule has 2 aromatic rings. The summed E-state index contributed by atoms with van der Waals surface area (Å²) in [6.45, 7) is 2.07. The van der Waals surface area contributed by atoms with Crippen LogP contribution in [-0.2, 0) is 4.79 Å². The lowest BCUT2D eigenvalue weighted by atomic mass is 10.1. The van der Waals surface area contributed by atoms with Gasteiger partial charge in [-0.25, -0.2) is 5.48 Å². The molecule has 2 heterocycles. The first-order valence-corrected chi connectivity index (χ1v) is 8.47. The van der Waals surface area contributed by atoms with Gasteiger partial charge >= 0.3 is 0 Å². The van der Waals surface area contributed by atoms with Crippen LogP contribution >= 0.6 is 11.3 Å². The number of nitrogens with one attached hydrogen (secondary N) is 1. The molecule has 2 aliphatic carbocycles. The van der Waals surface area contributed by atoms with Crippen LogP contribution in [0.15, 0.2) is 30.5 Å². The molecule has 0 aliphatic heterocycles. The Balaban J connectivity index is 1.66. The molecule has 22 heavy (non-hydrogen) atoms. The fourth-order valence-electron chi connectivity index (χ4n) is 3.39. The molecule has 2 aromatic heterocycles. The number of hydrogen-bond acceptors (Lipinski definition) is 4. The van der Waals surface area contributed by atoms with E-state index in [0.29, 0.717) is 5.92 Å². The van der Waals surface area contributed by atoms with E-state index < -0.39 is 0 Å². The minimum atomic E-state index is -0.286. The van der Waals surface area contributed by atoms with E-state index in [1.54, 1.807) is 11.3 Å². The van der Waals surface area contributed by atoms with Crippen LogP contribution in [0, 0.1) is 12.8 Å². The summed E-state index contributed by atoms with van der Waals surface area (Å²) < 4.78 is 0. The van der Waals surface area contributed by atoms with Gasteiger partial charge in [0.05, 0.1) is 5.92 Å². The van der Waals surface area contributed by atoms with Crippen LogP contribution in [-0.4, -0.2) is 16.1 Å². The minimum absolute atomic E-state index is 0.144. The van der Waals surface area contributed by atoms with Crippen LogP contribution in [0.1, 0.15) is 51.6 Å². The van der Waals surface area contributed by atoms with Crippen molar-refractivity contribution in [3.8, 4) is 0 Å².